The molecule has 174 valence electrons. The molecule has 35 heavy (non-hydrogen) atoms. The second-order valence-electron chi connectivity index (χ2n) is 9.02. The minimum atomic E-state index is 0.0555. The summed E-state index contributed by atoms with van der Waals surface area (Å²) in [5.74, 6) is 1.74. The molecule has 7 nitrogen and oxygen atoms in total. The zero-order valence-corrected chi connectivity index (χ0v) is 19.6. The molecule has 2 aromatic heterocycles. The molecule has 0 aliphatic carbocycles. The van der Waals surface area contributed by atoms with E-state index in [0.29, 0.717) is 26.1 Å². The standard InChI is InChI=1S/C28H26N6O/c1-20-19-32(16-17-33(20)25(35)18-21-10-4-2-5-11-21)28-29-24-15-9-8-14-23(24)27-31-30-26(34(27)28)22-12-6-3-7-13-22/h2-15,20H,16-19H2,1H3/t20-/m0/s1. The van der Waals surface area contributed by atoms with Crippen molar-refractivity contribution < 1.29 is 4.79 Å². The van der Waals surface area contributed by atoms with Gasteiger partial charge in [-0.1, -0.05) is 72.8 Å². The van der Waals surface area contributed by atoms with Crippen molar-refractivity contribution in [3.63, 3.8) is 0 Å². The number of carbonyl (C=O) groups excluding carboxylic acids is 1. The van der Waals surface area contributed by atoms with Gasteiger partial charge in [0.05, 0.1) is 11.9 Å². The Kier molecular flexibility index (Phi) is 5.37. The van der Waals surface area contributed by atoms with E-state index in [2.05, 4.69) is 26.4 Å². The van der Waals surface area contributed by atoms with Crippen LogP contribution in [-0.4, -0.2) is 56.1 Å². The highest BCUT2D eigenvalue weighted by molar-refractivity contribution is 5.93. The lowest BCUT2D eigenvalue weighted by Crippen LogP contribution is -2.55. The van der Waals surface area contributed by atoms with E-state index >= 15 is 0 Å². The molecule has 1 fully saturated rings. The third-order valence-corrected chi connectivity index (χ3v) is 6.69. The highest BCUT2D eigenvalue weighted by Crippen LogP contribution is 2.29. The van der Waals surface area contributed by atoms with Crippen LogP contribution in [0.2, 0.25) is 0 Å². The lowest BCUT2D eigenvalue weighted by molar-refractivity contribution is -0.132. The number of anilines is 1. The monoisotopic (exact) mass is 462 g/mol. The Bertz CT molecular complexity index is 1500. The Morgan fingerprint density at radius 1 is 0.886 bits per heavy atom. The topological polar surface area (TPSA) is 66.6 Å². The molecule has 0 radical (unpaired) electrons. The van der Waals surface area contributed by atoms with Crippen molar-refractivity contribution in [3.05, 3.63) is 90.5 Å². The fourth-order valence-electron chi connectivity index (χ4n) is 4.93. The number of hydrogen-bond acceptors (Lipinski definition) is 5. The van der Waals surface area contributed by atoms with Gasteiger partial charge in [0.15, 0.2) is 11.5 Å². The Morgan fingerprint density at radius 2 is 1.60 bits per heavy atom. The van der Waals surface area contributed by atoms with E-state index in [4.69, 9.17) is 4.98 Å². The number of fused-ring (bicyclic) bond motifs is 3. The fraction of sp³-hybridized carbons (Fsp3) is 0.214. The maximum Gasteiger partial charge on any atom is 0.227 e. The van der Waals surface area contributed by atoms with E-state index in [9.17, 15) is 4.79 Å². The zero-order valence-electron chi connectivity index (χ0n) is 19.6. The lowest BCUT2D eigenvalue weighted by Gasteiger charge is -2.40. The number of benzene rings is 3. The van der Waals surface area contributed by atoms with Crippen molar-refractivity contribution in [2.75, 3.05) is 24.5 Å². The normalized spacial score (nSPS) is 16.2. The fourth-order valence-corrected chi connectivity index (χ4v) is 4.93. The first kappa shape index (κ1) is 21.3. The highest BCUT2D eigenvalue weighted by atomic mass is 16.2. The van der Waals surface area contributed by atoms with Crippen LogP contribution in [0.4, 0.5) is 5.95 Å². The minimum absolute atomic E-state index is 0.0555. The van der Waals surface area contributed by atoms with Crippen molar-refractivity contribution in [3.8, 4) is 11.4 Å². The average Bonchev–Trinajstić information content (AvgIpc) is 3.35. The molecule has 6 rings (SSSR count). The van der Waals surface area contributed by atoms with Crippen LogP contribution in [0.15, 0.2) is 84.9 Å². The summed E-state index contributed by atoms with van der Waals surface area (Å²) in [7, 11) is 0. The molecule has 1 saturated heterocycles. The molecule has 3 aromatic carbocycles. The zero-order chi connectivity index (χ0) is 23.8. The van der Waals surface area contributed by atoms with E-state index in [1.165, 1.54) is 0 Å². The SMILES string of the molecule is C[C@H]1CN(c2nc3ccccc3c3nnc(-c4ccccc4)n23)CCN1C(=O)Cc1ccccc1. The van der Waals surface area contributed by atoms with Crippen LogP contribution in [0.3, 0.4) is 0 Å². The number of nitrogens with zero attached hydrogens (tertiary/aromatic N) is 6. The summed E-state index contributed by atoms with van der Waals surface area (Å²) in [6.45, 7) is 4.13. The van der Waals surface area contributed by atoms with Gasteiger partial charge in [-0.15, -0.1) is 10.2 Å². The van der Waals surface area contributed by atoms with Crippen LogP contribution in [0.5, 0.6) is 0 Å². The summed E-state index contributed by atoms with van der Waals surface area (Å²) < 4.78 is 2.06. The molecule has 1 aliphatic heterocycles. The summed E-state index contributed by atoms with van der Waals surface area (Å²) in [5, 5.41) is 10.1. The van der Waals surface area contributed by atoms with Gasteiger partial charge in [0.1, 0.15) is 0 Å². The molecule has 3 heterocycles. The first-order chi connectivity index (χ1) is 17.2. The Morgan fingerprint density at radius 3 is 2.37 bits per heavy atom. The summed E-state index contributed by atoms with van der Waals surface area (Å²) in [4.78, 5) is 22.4. The van der Waals surface area contributed by atoms with Gasteiger partial charge in [-0.05, 0) is 24.6 Å². The molecule has 5 aromatic rings. The van der Waals surface area contributed by atoms with Crippen LogP contribution in [0.25, 0.3) is 27.9 Å². The Labute approximate surface area is 203 Å². The number of rotatable bonds is 4. The predicted molar refractivity (Wildman–Crippen MR) is 137 cm³/mol. The predicted octanol–water partition coefficient (Wildman–Crippen LogP) is 4.22. The van der Waals surface area contributed by atoms with Gasteiger partial charge in [-0.3, -0.25) is 4.79 Å². The van der Waals surface area contributed by atoms with Gasteiger partial charge in [0.2, 0.25) is 11.9 Å². The second kappa shape index (κ2) is 8.83. The van der Waals surface area contributed by atoms with Crippen LogP contribution >= 0.6 is 0 Å². The molecule has 1 aliphatic rings. The van der Waals surface area contributed by atoms with E-state index < -0.39 is 0 Å². The summed E-state index contributed by atoms with van der Waals surface area (Å²) in [6, 6.07) is 28.1. The average molecular weight is 463 g/mol. The van der Waals surface area contributed by atoms with Crippen molar-refractivity contribution in [1.29, 1.82) is 0 Å². The maximum absolute atomic E-state index is 13.1. The minimum Gasteiger partial charge on any atom is -0.338 e. The molecule has 1 amide bonds. The van der Waals surface area contributed by atoms with E-state index in [1.54, 1.807) is 0 Å². The lowest BCUT2D eigenvalue weighted by atomic mass is 10.1. The van der Waals surface area contributed by atoms with Gasteiger partial charge < -0.3 is 9.80 Å². The van der Waals surface area contributed by atoms with Gasteiger partial charge >= 0.3 is 0 Å². The largest absolute Gasteiger partial charge is 0.338 e. The number of para-hydroxylation sites is 1. The maximum atomic E-state index is 13.1. The molecular formula is C28H26N6O. The summed E-state index contributed by atoms with van der Waals surface area (Å²) in [5.41, 5.74) is 3.71. The highest BCUT2D eigenvalue weighted by Gasteiger charge is 2.30. The number of carbonyl (C=O) groups is 1. The van der Waals surface area contributed by atoms with Crippen LogP contribution < -0.4 is 4.90 Å². The second-order valence-corrected chi connectivity index (χ2v) is 9.02. The molecule has 0 bridgehead atoms. The molecule has 0 saturated carbocycles. The number of amides is 1. The van der Waals surface area contributed by atoms with E-state index in [0.717, 1.165) is 39.4 Å². The van der Waals surface area contributed by atoms with Gasteiger partial charge in [0, 0.05) is 36.6 Å². The van der Waals surface area contributed by atoms with Gasteiger partial charge in [-0.25, -0.2) is 9.38 Å². The number of aromatic nitrogens is 4. The third kappa shape index (κ3) is 3.89. The smallest absolute Gasteiger partial charge is 0.227 e. The Hall–Kier alpha value is -4.26. The molecule has 7 heteroatoms. The molecule has 1 atom stereocenters. The van der Waals surface area contributed by atoms with E-state index in [-0.39, 0.29) is 11.9 Å². The summed E-state index contributed by atoms with van der Waals surface area (Å²) in [6.07, 6.45) is 0.424. The quantitative estimate of drug-likeness (QED) is 0.400. The molecule has 0 spiro atoms. The first-order valence-electron chi connectivity index (χ1n) is 12.0. The van der Waals surface area contributed by atoms with Crippen LogP contribution in [0, 0.1) is 0 Å². The molecule has 0 N–H and O–H groups in total. The third-order valence-electron chi connectivity index (χ3n) is 6.69. The van der Waals surface area contributed by atoms with Crippen molar-refractivity contribution in [1.82, 2.24) is 24.5 Å². The number of piperazine rings is 1. The van der Waals surface area contributed by atoms with Crippen LogP contribution in [-0.2, 0) is 11.2 Å². The number of hydrogen-bond donors (Lipinski definition) is 0. The van der Waals surface area contributed by atoms with Crippen molar-refractivity contribution in [2.24, 2.45) is 0 Å². The van der Waals surface area contributed by atoms with Gasteiger partial charge in [0.25, 0.3) is 0 Å². The summed E-state index contributed by atoms with van der Waals surface area (Å²) >= 11 is 0. The van der Waals surface area contributed by atoms with Crippen molar-refractivity contribution in [2.45, 2.75) is 19.4 Å². The van der Waals surface area contributed by atoms with Crippen LogP contribution in [0.1, 0.15) is 12.5 Å². The first-order valence-corrected chi connectivity index (χ1v) is 12.0. The molecular weight excluding hydrogens is 436 g/mol. The van der Waals surface area contributed by atoms with Gasteiger partial charge in [-0.2, -0.15) is 0 Å². The Balaban J connectivity index is 1.36. The van der Waals surface area contributed by atoms with E-state index in [1.807, 2.05) is 89.8 Å². The van der Waals surface area contributed by atoms with Crippen molar-refractivity contribution >= 4 is 28.4 Å². The molecule has 0 unspecified atom stereocenters.